The van der Waals surface area contributed by atoms with Crippen LogP contribution < -0.4 is 0 Å². The van der Waals surface area contributed by atoms with E-state index in [9.17, 15) is 14.9 Å². The highest BCUT2D eigenvalue weighted by atomic mass is 16.6. The molecular weight excluding hydrogens is 272 g/mol. The highest BCUT2D eigenvalue weighted by molar-refractivity contribution is 5.92. The maximum Gasteiger partial charge on any atom is 0.276 e. The zero-order chi connectivity index (χ0) is 15.4. The fourth-order valence-corrected chi connectivity index (χ4v) is 2.26. The molecule has 21 heavy (non-hydrogen) atoms. The second-order valence-corrected chi connectivity index (χ2v) is 5.13. The lowest BCUT2D eigenvalue weighted by molar-refractivity contribution is -0.385. The molecule has 112 valence electrons. The summed E-state index contributed by atoms with van der Waals surface area (Å²) in [6, 6.07) is 6.35. The molecule has 0 aromatic heterocycles. The molecule has 1 aromatic carbocycles. The van der Waals surface area contributed by atoms with E-state index < -0.39 is 4.92 Å². The number of hydrogen-bond donors (Lipinski definition) is 0. The average Bonchev–Trinajstić information content (AvgIpc) is 2.47. The highest BCUT2D eigenvalue weighted by Crippen LogP contribution is 2.19. The Morgan fingerprint density at radius 2 is 2.14 bits per heavy atom. The molecule has 2 atom stereocenters. The Balaban J connectivity index is 2.14. The van der Waals surface area contributed by atoms with Crippen molar-refractivity contribution in [1.29, 1.82) is 0 Å². The van der Waals surface area contributed by atoms with Crippen LogP contribution in [0.5, 0.6) is 0 Å². The van der Waals surface area contributed by atoms with Gasteiger partial charge in [-0.25, -0.2) is 0 Å². The predicted octanol–water partition coefficient (Wildman–Crippen LogP) is 2.24. The van der Waals surface area contributed by atoms with Crippen LogP contribution in [0.3, 0.4) is 0 Å². The minimum absolute atomic E-state index is 0.00380. The summed E-state index contributed by atoms with van der Waals surface area (Å²) >= 11 is 0. The number of morpholine rings is 1. The van der Waals surface area contributed by atoms with E-state index in [0.717, 1.165) is 0 Å². The molecule has 1 aliphatic rings. The van der Waals surface area contributed by atoms with Crippen LogP contribution in [0, 0.1) is 10.1 Å². The largest absolute Gasteiger partial charge is 0.375 e. The molecular formula is C15H18N2O4. The Hall–Kier alpha value is -2.21. The van der Waals surface area contributed by atoms with Gasteiger partial charge in [0.05, 0.1) is 29.2 Å². The summed E-state index contributed by atoms with van der Waals surface area (Å²) < 4.78 is 5.48. The second-order valence-electron chi connectivity index (χ2n) is 5.13. The zero-order valence-electron chi connectivity index (χ0n) is 12.1. The highest BCUT2D eigenvalue weighted by Gasteiger charge is 2.26. The Morgan fingerprint density at radius 1 is 1.43 bits per heavy atom. The number of nitro groups is 1. The molecule has 2 rings (SSSR count). The number of hydrogen-bond acceptors (Lipinski definition) is 4. The van der Waals surface area contributed by atoms with Gasteiger partial charge in [0.2, 0.25) is 5.91 Å². The lowest BCUT2D eigenvalue weighted by atomic mass is 10.1. The van der Waals surface area contributed by atoms with Crippen molar-refractivity contribution in [2.45, 2.75) is 26.0 Å². The van der Waals surface area contributed by atoms with Crippen LogP contribution in [-0.2, 0) is 9.53 Å². The standard InChI is InChI=1S/C15H18N2O4/c1-11-10-21-12(2)9-16(11)15(18)8-7-13-5-3-4-6-14(13)17(19)20/h3-8,11-12H,9-10H2,1-2H3/b8-7+/t11-,12+/m0/s1. The zero-order valence-corrected chi connectivity index (χ0v) is 12.1. The smallest absolute Gasteiger partial charge is 0.276 e. The van der Waals surface area contributed by atoms with E-state index in [1.54, 1.807) is 23.1 Å². The van der Waals surface area contributed by atoms with E-state index >= 15 is 0 Å². The molecule has 0 spiro atoms. The molecule has 1 aromatic rings. The van der Waals surface area contributed by atoms with Gasteiger partial charge in [0.15, 0.2) is 0 Å². The van der Waals surface area contributed by atoms with Gasteiger partial charge >= 0.3 is 0 Å². The van der Waals surface area contributed by atoms with E-state index in [2.05, 4.69) is 0 Å². The molecule has 0 N–H and O–H groups in total. The fraction of sp³-hybridized carbons (Fsp3) is 0.400. The van der Waals surface area contributed by atoms with Crippen LogP contribution in [0.4, 0.5) is 5.69 Å². The lowest BCUT2D eigenvalue weighted by Crippen LogP contribution is -2.49. The quantitative estimate of drug-likeness (QED) is 0.486. The first kappa shape index (κ1) is 15.2. The summed E-state index contributed by atoms with van der Waals surface area (Å²) in [4.78, 5) is 24.4. The van der Waals surface area contributed by atoms with E-state index in [1.807, 2.05) is 13.8 Å². The third-order valence-corrected chi connectivity index (χ3v) is 3.43. The van der Waals surface area contributed by atoms with Crippen LogP contribution in [0.25, 0.3) is 6.08 Å². The molecule has 1 saturated heterocycles. The minimum atomic E-state index is -0.455. The van der Waals surface area contributed by atoms with Crippen LogP contribution in [0.15, 0.2) is 30.3 Å². The summed E-state index contributed by atoms with van der Waals surface area (Å²) in [7, 11) is 0. The molecule has 0 unspecified atom stereocenters. The molecule has 1 aliphatic heterocycles. The number of amides is 1. The number of carbonyl (C=O) groups is 1. The number of nitro benzene ring substituents is 1. The van der Waals surface area contributed by atoms with Gasteiger partial charge < -0.3 is 9.64 Å². The molecule has 0 bridgehead atoms. The van der Waals surface area contributed by atoms with Crippen molar-refractivity contribution in [1.82, 2.24) is 4.90 Å². The summed E-state index contributed by atoms with van der Waals surface area (Å²) in [6.45, 7) is 4.87. The first-order valence-corrected chi connectivity index (χ1v) is 6.82. The van der Waals surface area contributed by atoms with Crippen molar-refractivity contribution < 1.29 is 14.5 Å². The second kappa shape index (κ2) is 6.49. The lowest BCUT2D eigenvalue weighted by Gasteiger charge is -2.36. The molecule has 1 amide bonds. The van der Waals surface area contributed by atoms with Gasteiger partial charge in [-0.05, 0) is 26.0 Å². The van der Waals surface area contributed by atoms with Crippen LogP contribution in [-0.4, -0.2) is 41.0 Å². The van der Waals surface area contributed by atoms with E-state index in [4.69, 9.17) is 4.74 Å². The third kappa shape index (κ3) is 3.66. The molecule has 0 radical (unpaired) electrons. The van der Waals surface area contributed by atoms with Gasteiger partial charge in [-0.2, -0.15) is 0 Å². The number of carbonyl (C=O) groups excluding carboxylic acids is 1. The SMILES string of the molecule is C[C@@H]1CN(C(=O)/C=C/c2ccccc2[N+](=O)[O-])[C@@H](C)CO1. The molecule has 1 fully saturated rings. The van der Waals surface area contributed by atoms with E-state index in [1.165, 1.54) is 18.2 Å². The van der Waals surface area contributed by atoms with Crippen molar-refractivity contribution >= 4 is 17.7 Å². The molecule has 6 nitrogen and oxygen atoms in total. The maximum atomic E-state index is 12.2. The third-order valence-electron chi connectivity index (χ3n) is 3.43. The van der Waals surface area contributed by atoms with E-state index in [0.29, 0.717) is 18.7 Å². The van der Waals surface area contributed by atoms with Crippen molar-refractivity contribution in [2.24, 2.45) is 0 Å². The summed E-state index contributed by atoms with van der Waals surface area (Å²) in [5, 5.41) is 10.9. The van der Waals surface area contributed by atoms with Gasteiger partial charge in [-0.1, -0.05) is 12.1 Å². The number of para-hydroxylation sites is 1. The Morgan fingerprint density at radius 3 is 2.86 bits per heavy atom. The number of ether oxygens (including phenoxy) is 1. The molecule has 1 heterocycles. The first-order valence-electron chi connectivity index (χ1n) is 6.82. The van der Waals surface area contributed by atoms with E-state index in [-0.39, 0.29) is 23.7 Å². The monoisotopic (exact) mass is 290 g/mol. The van der Waals surface area contributed by atoms with Gasteiger partial charge in [0.25, 0.3) is 5.69 Å². The number of nitrogens with zero attached hydrogens (tertiary/aromatic N) is 2. The molecule has 0 saturated carbocycles. The summed E-state index contributed by atoms with van der Waals surface area (Å²) in [6.07, 6.45) is 2.88. The van der Waals surface area contributed by atoms with Gasteiger partial charge in [-0.15, -0.1) is 0 Å². The molecule has 0 aliphatic carbocycles. The van der Waals surface area contributed by atoms with Gasteiger partial charge in [0.1, 0.15) is 0 Å². The summed E-state index contributed by atoms with van der Waals surface area (Å²) in [5.74, 6) is -0.157. The Labute approximate surface area is 123 Å². The van der Waals surface area contributed by atoms with Crippen molar-refractivity contribution in [2.75, 3.05) is 13.2 Å². The van der Waals surface area contributed by atoms with Crippen molar-refractivity contribution in [3.63, 3.8) is 0 Å². The number of rotatable bonds is 3. The topological polar surface area (TPSA) is 72.7 Å². The Bertz CT molecular complexity index is 571. The van der Waals surface area contributed by atoms with Crippen LogP contribution >= 0.6 is 0 Å². The maximum absolute atomic E-state index is 12.2. The number of benzene rings is 1. The van der Waals surface area contributed by atoms with Crippen molar-refractivity contribution in [3.8, 4) is 0 Å². The normalized spacial score (nSPS) is 22.5. The van der Waals surface area contributed by atoms with Gasteiger partial charge in [0, 0.05) is 18.7 Å². The van der Waals surface area contributed by atoms with Crippen LogP contribution in [0.2, 0.25) is 0 Å². The van der Waals surface area contributed by atoms with Gasteiger partial charge in [-0.3, -0.25) is 14.9 Å². The average molecular weight is 290 g/mol. The van der Waals surface area contributed by atoms with Crippen molar-refractivity contribution in [3.05, 3.63) is 46.0 Å². The van der Waals surface area contributed by atoms with Crippen LogP contribution in [0.1, 0.15) is 19.4 Å². The predicted molar refractivity (Wildman–Crippen MR) is 78.7 cm³/mol. The molecule has 6 heteroatoms. The Kier molecular flexibility index (Phi) is 4.70. The summed E-state index contributed by atoms with van der Waals surface area (Å²) in [5.41, 5.74) is 0.412. The first-order chi connectivity index (χ1) is 9.99. The minimum Gasteiger partial charge on any atom is -0.375 e. The fourth-order valence-electron chi connectivity index (χ4n) is 2.26.